The summed E-state index contributed by atoms with van der Waals surface area (Å²) < 4.78 is 22.1. The van der Waals surface area contributed by atoms with E-state index in [1.54, 1.807) is 14.2 Å². The van der Waals surface area contributed by atoms with E-state index in [4.69, 9.17) is 18.7 Å². The molecule has 0 spiro atoms. The molecule has 7 nitrogen and oxygen atoms in total. The second-order valence-corrected chi connectivity index (χ2v) is 8.61. The van der Waals surface area contributed by atoms with Gasteiger partial charge in [0.2, 0.25) is 5.88 Å². The summed E-state index contributed by atoms with van der Waals surface area (Å²) in [5, 5.41) is 7.57. The predicted molar refractivity (Wildman–Crippen MR) is 128 cm³/mol. The van der Waals surface area contributed by atoms with Crippen LogP contribution in [0.25, 0.3) is 0 Å². The highest BCUT2D eigenvalue weighted by Gasteiger charge is 2.41. The van der Waals surface area contributed by atoms with E-state index in [2.05, 4.69) is 10.5 Å². The van der Waals surface area contributed by atoms with Crippen molar-refractivity contribution in [1.82, 2.24) is 5.16 Å². The van der Waals surface area contributed by atoms with Crippen LogP contribution in [0.15, 0.2) is 58.3 Å². The number of carbonyl (C=O) groups excluding carboxylic acids is 1. The zero-order chi connectivity index (χ0) is 23.8. The first kappa shape index (κ1) is 22.1. The van der Waals surface area contributed by atoms with Gasteiger partial charge >= 0.3 is 0 Å². The van der Waals surface area contributed by atoms with Crippen LogP contribution < -0.4 is 19.5 Å². The number of carbonyl (C=O) groups is 1. The minimum atomic E-state index is -0.230. The summed E-state index contributed by atoms with van der Waals surface area (Å²) in [6.45, 7) is 4.48. The molecular weight excluding hydrogens is 432 g/mol. The summed E-state index contributed by atoms with van der Waals surface area (Å²) in [6.07, 6.45) is 1.10. The maximum Gasteiger partial charge on any atom is 0.233 e. The first-order valence-electron chi connectivity index (χ1n) is 11.5. The maximum atomic E-state index is 13.7. The predicted octanol–water partition coefficient (Wildman–Crippen LogP) is 5.36. The van der Waals surface area contributed by atoms with E-state index in [0.717, 1.165) is 39.4 Å². The molecule has 5 rings (SSSR count). The average Bonchev–Trinajstić information content (AvgIpc) is 3.23. The number of rotatable bonds is 6. The highest BCUT2D eigenvalue weighted by molar-refractivity contribution is 6.01. The Morgan fingerprint density at radius 3 is 2.47 bits per heavy atom. The van der Waals surface area contributed by atoms with Gasteiger partial charge in [0, 0.05) is 23.6 Å². The van der Waals surface area contributed by atoms with Gasteiger partial charge in [-0.3, -0.25) is 4.79 Å². The van der Waals surface area contributed by atoms with Gasteiger partial charge in [-0.15, -0.1) is 0 Å². The summed E-state index contributed by atoms with van der Waals surface area (Å²) in [5.74, 6) is 2.65. The minimum Gasteiger partial charge on any atom is -0.494 e. The third-order valence-electron chi connectivity index (χ3n) is 6.66. The van der Waals surface area contributed by atoms with E-state index in [-0.39, 0.29) is 17.6 Å². The van der Waals surface area contributed by atoms with Gasteiger partial charge in [0.25, 0.3) is 0 Å². The van der Waals surface area contributed by atoms with Gasteiger partial charge in [-0.2, -0.15) is 0 Å². The monoisotopic (exact) mass is 460 g/mol. The van der Waals surface area contributed by atoms with E-state index in [0.29, 0.717) is 36.8 Å². The van der Waals surface area contributed by atoms with Gasteiger partial charge in [-0.05, 0) is 61.6 Å². The topological polar surface area (TPSA) is 82.8 Å². The SMILES string of the molecule is CCOc1ccc([C@@H]2C3=C(C[C@@H](c4ccc(OC)c(OC)c4)CC3=O)Nc3onc(C)c32)cc1. The molecule has 2 aromatic carbocycles. The van der Waals surface area contributed by atoms with E-state index in [9.17, 15) is 4.79 Å². The largest absolute Gasteiger partial charge is 0.494 e. The van der Waals surface area contributed by atoms with Crippen LogP contribution >= 0.6 is 0 Å². The van der Waals surface area contributed by atoms with Crippen molar-refractivity contribution in [3.63, 3.8) is 0 Å². The molecule has 1 N–H and O–H groups in total. The number of benzene rings is 2. The lowest BCUT2D eigenvalue weighted by Crippen LogP contribution is -2.29. The molecule has 1 aliphatic heterocycles. The molecule has 7 heteroatoms. The average molecular weight is 461 g/mol. The zero-order valence-electron chi connectivity index (χ0n) is 19.8. The molecule has 176 valence electrons. The molecule has 0 radical (unpaired) electrons. The van der Waals surface area contributed by atoms with Gasteiger partial charge in [-0.25, -0.2) is 0 Å². The minimum absolute atomic E-state index is 0.0186. The number of nitrogens with zero attached hydrogens (tertiary/aromatic N) is 1. The van der Waals surface area contributed by atoms with Crippen LogP contribution in [0.3, 0.4) is 0 Å². The van der Waals surface area contributed by atoms with Crippen molar-refractivity contribution in [2.24, 2.45) is 0 Å². The molecule has 0 amide bonds. The van der Waals surface area contributed by atoms with Crippen molar-refractivity contribution in [1.29, 1.82) is 0 Å². The van der Waals surface area contributed by atoms with Crippen LogP contribution in [0.1, 0.15) is 54.0 Å². The summed E-state index contributed by atoms with van der Waals surface area (Å²) >= 11 is 0. The quantitative estimate of drug-likeness (QED) is 0.530. The Morgan fingerprint density at radius 2 is 1.76 bits per heavy atom. The summed E-state index contributed by atoms with van der Waals surface area (Å²) in [6, 6.07) is 13.8. The summed E-state index contributed by atoms with van der Waals surface area (Å²) in [7, 11) is 3.23. The molecule has 1 aliphatic carbocycles. The highest BCUT2D eigenvalue weighted by atomic mass is 16.5. The number of aromatic nitrogens is 1. The van der Waals surface area contributed by atoms with Crippen LogP contribution in [0.2, 0.25) is 0 Å². The molecule has 2 atom stereocenters. The number of methoxy groups -OCH3 is 2. The molecule has 0 saturated carbocycles. The first-order valence-corrected chi connectivity index (χ1v) is 11.5. The fourth-order valence-corrected chi connectivity index (χ4v) is 5.07. The molecular formula is C27H28N2O5. The lowest BCUT2D eigenvalue weighted by atomic mass is 9.72. The second kappa shape index (κ2) is 8.89. The van der Waals surface area contributed by atoms with E-state index in [1.807, 2.05) is 56.3 Å². The van der Waals surface area contributed by atoms with Crippen LogP contribution in [-0.2, 0) is 4.79 Å². The molecule has 34 heavy (non-hydrogen) atoms. The Bertz CT molecular complexity index is 1260. The third kappa shape index (κ3) is 3.71. The first-order chi connectivity index (χ1) is 16.5. The maximum absolute atomic E-state index is 13.7. The second-order valence-electron chi connectivity index (χ2n) is 8.61. The Hall–Kier alpha value is -3.74. The molecule has 2 aliphatic rings. The smallest absolute Gasteiger partial charge is 0.233 e. The number of anilines is 1. The van der Waals surface area contributed by atoms with Gasteiger partial charge in [-0.1, -0.05) is 23.4 Å². The number of hydrogen-bond acceptors (Lipinski definition) is 7. The fraction of sp³-hybridized carbons (Fsp3) is 0.333. The molecule has 3 aromatic rings. The number of nitrogens with one attached hydrogen (secondary N) is 1. The van der Waals surface area contributed by atoms with Crippen molar-refractivity contribution >= 4 is 11.7 Å². The molecule has 0 fully saturated rings. The van der Waals surface area contributed by atoms with Crippen molar-refractivity contribution in [3.8, 4) is 17.2 Å². The Morgan fingerprint density at radius 1 is 1.03 bits per heavy atom. The fourth-order valence-electron chi connectivity index (χ4n) is 5.07. The van der Waals surface area contributed by atoms with Crippen molar-refractivity contribution in [2.45, 2.75) is 38.5 Å². The molecule has 2 heterocycles. The van der Waals surface area contributed by atoms with Crippen molar-refractivity contribution in [3.05, 3.63) is 76.1 Å². The van der Waals surface area contributed by atoms with Gasteiger partial charge in [0.05, 0.1) is 32.1 Å². The Balaban J connectivity index is 1.55. The van der Waals surface area contributed by atoms with Crippen LogP contribution in [0.4, 0.5) is 5.88 Å². The van der Waals surface area contributed by atoms with Gasteiger partial charge < -0.3 is 24.1 Å². The van der Waals surface area contributed by atoms with E-state index in [1.165, 1.54) is 0 Å². The standard InChI is InChI=1S/C27H28N2O5/c1-5-33-19-9-6-16(7-10-19)25-24-15(2)29-34-27(24)28-20-12-18(13-21(30)26(20)25)17-8-11-22(31-3)23(14-17)32-4/h6-11,14,18,25,28H,5,12-13H2,1-4H3/t18-,25+/m1/s1. The van der Waals surface area contributed by atoms with Crippen LogP contribution in [0.5, 0.6) is 17.2 Å². The zero-order valence-corrected chi connectivity index (χ0v) is 19.8. The number of ketones is 1. The van der Waals surface area contributed by atoms with Gasteiger partial charge in [0.1, 0.15) is 5.75 Å². The van der Waals surface area contributed by atoms with Crippen molar-refractivity contribution in [2.75, 3.05) is 26.1 Å². The molecule has 0 bridgehead atoms. The number of allylic oxidation sites excluding steroid dienone is 2. The molecule has 0 unspecified atom stereocenters. The van der Waals surface area contributed by atoms with E-state index >= 15 is 0 Å². The van der Waals surface area contributed by atoms with E-state index < -0.39 is 0 Å². The number of fused-ring (bicyclic) bond motifs is 1. The van der Waals surface area contributed by atoms with Gasteiger partial charge in [0.15, 0.2) is 17.3 Å². The number of hydrogen-bond donors (Lipinski definition) is 1. The number of ether oxygens (including phenoxy) is 3. The molecule has 1 aromatic heterocycles. The summed E-state index contributed by atoms with van der Waals surface area (Å²) in [4.78, 5) is 13.7. The highest BCUT2D eigenvalue weighted by Crippen LogP contribution is 2.49. The van der Waals surface area contributed by atoms with Crippen LogP contribution in [-0.4, -0.2) is 31.8 Å². The molecule has 0 saturated heterocycles. The lowest BCUT2D eigenvalue weighted by molar-refractivity contribution is -0.116. The lowest BCUT2D eigenvalue weighted by Gasteiger charge is -2.34. The normalized spacial score (nSPS) is 19.2. The number of aryl methyl sites for hydroxylation is 1. The third-order valence-corrected chi connectivity index (χ3v) is 6.66. The number of Topliss-reactive ketones (excluding diaryl/α,β-unsaturated/α-hetero) is 1. The summed E-state index contributed by atoms with van der Waals surface area (Å²) in [5.41, 5.74) is 5.43. The Kier molecular flexibility index (Phi) is 5.77. The Labute approximate surface area is 198 Å². The van der Waals surface area contributed by atoms with Crippen LogP contribution in [0, 0.1) is 6.92 Å². The van der Waals surface area contributed by atoms with Crippen molar-refractivity contribution < 1.29 is 23.5 Å².